The van der Waals surface area contributed by atoms with Gasteiger partial charge in [-0.2, -0.15) is 0 Å². The Hall–Kier alpha value is -0.530. The summed E-state index contributed by atoms with van der Waals surface area (Å²) in [5, 5.41) is 0. The van der Waals surface area contributed by atoms with E-state index >= 15 is 0 Å². The van der Waals surface area contributed by atoms with Gasteiger partial charge in [-0.05, 0) is 18.8 Å². The lowest BCUT2D eigenvalue weighted by Crippen LogP contribution is -2.24. The van der Waals surface area contributed by atoms with E-state index in [1.807, 2.05) is 4.90 Å². The van der Waals surface area contributed by atoms with Crippen LogP contribution in [0.3, 0.4) is 0 Å². The summed E-state index contributed by atoms with van der Waals surface area (Å²) >= 11 is 0. The Morgan fingerprint density at radius 3 is 2.36 bits per heavy atom. The van der Waals surface area contributed by atoms with Crippen molar-refractivity contribution in [2.75, 3.05) is 13.1 Å². The van der Waals surface area contributed by atoms with Gasteiger partial charge in [0.05, 0.1) is 0 Å². The van der Waals surface area contributed by atoms with E-state index in [4.69, 9.17) is 0 Å². The maximum absolute atomic E-state index is 10.4. The molecule has 11 heavy (non-hydrogen) atoms. The molecule has 2 nitrogen and oxygen atoms in total. The molecule has 0 aliphatic carbocycles. The zero-order valence-corrected chi connectivity index (χ0v) is 7.84. The minimum atomic E-state index is 0.689. The van der Waals surface area contributed by atoms with Gasteiger partial charge in [0.15, 0.2) is 0 Å². The standard InChI is InChI=1S/C9H19NO/c1-4-6-10(8-11)7-5-9(2)3/h8-9H,4-7H2,1-3H3. The fraction of sp³-hybridized carbons (Fsp3) is 0.889. The fourth-order valence-corrected chi connectivity index (χ4v) is 0.928. The molecule has 0 aliphatic heterocycles. The largest absolute Gasteiger partial charge is 0.345 e. The summed E-state index contributed by atoms with van der Waals surface area (Å²) in [4.78, 5) is 12.3. The smallest absolute Gasteiger partial charge is 0.209 e. The van der Waals surface area contributed by atoms with E-state index < -0.39 is 0 Å². The molecule has 0 bridgehead atoms. The zero-order valence-electron chi connectivity index (χ0n) is 7.84. The van der Waals surface area contributed by atoms with Gasteiger partial charge in [-0.1, -0.05) is 20.8 Å². The minimum absolute atomic E-state index is 0.689. The van der Waals surface area contributed by atoms with Gasteiger partial charge < -0.3 is 4.90 Å². The topological polar surface area (TPSA) is 20.3 Å². The van der Waals surface area contributed by atoms with Crippen molar-refractivity contribution in [1.82, 2.24) is 4.90 Å². The van der Waals surface area contributed by atoms with Gasteiger partial charge in [-0.15, -0.1) is 0 Å². The number of hydrogen-bond acceptors (Lipinski definition) is 1. The molecule has 0 spiro atoms. The molecule has 0 saturated heterocycles. The van der Waals surface area contributed by atoms with E-state index in [-0.39, 0.29) is 0 Å². The lowest BCUT2D eigenvalue weighted by Gasteiger charge is -2.16. The summed E-state index contributed by atoms with van der Waals surface area (Å²) in [7, 11) is 0. The Balaban J connectivity index is 3.43. The molecule has 0 unspecified atom stereocenters. The first-order valence-electron chi connectivity index (χ1n) is 4.40. The maximum Gasteiger partial charge on any atom is 0.209 e. The third kappa shape index (κ3) is 5.89. The molecule has 66 valence electrons. The molecule has 1 amide bonds. The first-order valence-corrected chi connectivity index (χ1v) is 4.40. The SMILES string of the molecule is CCCN(C=O)CCC(C)C. The highest BCUT2D eigenvalue weighted by molar-refractivity contribution is 5.46. The molecule has 0 fully saturated rings. The van der Waals surface area contributed by atoms with Gasteiger partial charge in [0.25, 0.3) is 0 Å². The Morgan fingerprint density at radius 1 is 1.36 bits per heavy atom. The first-order chi connectivity index (χ1) is 5.20. The van der Waals surface area contributed by atoms with Crippen molar-refractivity contribution in [3.63, 3.8) is 0 Å². The van der Waals surface area contributed by atoms with Gasteiger partial charge in [0, 0.05) is 13.1 Å². The number of carbonyl (C=O) groups is 1. The second-order valence-electron chi connectivity index (χ2n) is 3.32. The first kappa shape index (κ1) is 10.5. The minimum Gasteiger partial charge on any atom is -0.345 e. The molecule has 0 atom stereocenters. The van der Waals surface area contributed by atoms with Gasteiger partial charge in [0.2, 0.25) is 6.41 Å². The summed E-state index contributed by atoms with van der Waals surface area (Å²) in [6, 6.07) is 0. The van der Waals surface area contributed by atoms with Gasteiger partial charge in [-0.3, -0.25) is 4.79 Å². The van der Waals surface area contributed by atoms with Crippen LogP contribution in [0.5, 0.6) is 0 Å². The van der Waals surface area contributed by atoms with E-state index in [0.29, 0.717) is 5.92 Å². The van der Waals surface area contributed by atoms with Crippen LogP contribution in [-0.4, -0.2) is 24.4 Å². The van der Waals surface area contributed by atoms with Crippen molar-refractivity contribution < 1.29 is 4.79 Å². The molecule has 0 radical (unpaired) electrons. The Morgan fingerprint density at radius 2 is 2.00 bits per heavy atom. The van der Waals surface area contributed by atoms with Crippen LogP contribution in [0.25, 0.3) is 0 Å². The van der Waals surface area contributed by atoms with Crippen LogP contribution in [0.4, 0.5) is 0 Å². The number of rotatable bonds is 6. The summed E-state index contributed by atoms with van der Waals surface area (Å²) in [5.41, 5.74) is 0. The Labute approximate surface area is 69.6 Å². The monoisotopic (exact) mass is 157 g/mol. The molecular formula is C9H19NO. The van der Waals surface area contributed by atoms with E-state index in [9.17, 15) is 4.79 Å². The summed E-state index contributed by atoms with van der Waals surface area (Å²) in [6.45, 7) is 8.25. The molecular weight excluding hydrogens is 138 g/mol. The van der Waals surface area contributed by atoms with E-state index in [2.05, 4.69) is 20.8 Å². The van der Waals surface area contributed by atoms with Crippen molar-refractivity contribution in [1.29, 1.82) is 0 Å². The third-order valence-corrected chi connectivity index (χ3v) is 1.65. The molecule has 0 aromatic carbocycles. The molecule has 0 rings (SSSR count). The molecule has 0 heterocycles. The number of amides is 1. The molecule has 0 aromatic heterocycles. The summed E-state index contributed by atoms with van der Waals surface area (Å²) < 4.78 is 0. The highest BCUT2D eigenvalue weighted by Crippen LogP contribution is 2.00. The van der Waals surface area contributed by atoms with E-state index in [0.717, 1.165) is 32.3 Å². The number of hydrogen-bond donors (Lipinski definition) is 0. The Kier molecular flexibility index (Phi) is 5.90. The fourth-order valence-electron chi connectivity index (χ4n) is 0.928. The second-order valence-corrected chi connectivity index (χ2v) is 3.32. The lowest BCUT2D eigenvalue weighted by molar-refractivity contribution is -0.118. The highest BCUT2D eigenvalue weighted by Gasteiger charge is 2.00. The van der Waals surface area contributed by atoms with Crippen molar-refractivity contribution in [2.24, 2.45) is 5.92 Å². The Bertz CT molecular complexity index is 102. The van der Waals surface area contributed by atoms with Crippen molar-refractivity contribution in [2.45, 2.75) is 33.6 Å². The molecule has 0 aliphatic rings. The second kappa shape index (κ2) is 6.20. The van der Waals surface area contributed by atoms with Crippen LogP contribution in [-0.2, 0) is 4.79 Å². The lowest BCUT2D eigenvalue weighted by atomic mass is 10.1. The summed E-state index contributed by atoms with van der Waals surface area (Å²) in [6.07, 6.45) is 3.11. The van der Waals surface area contributed by atoms with Crippen molar-refractivity contribution in [3.05, 3.63) is 0 Å². The molecule has 2 heteroatoms. The van der Waals surface area contributed by atoms with Gasteiger partial charge in [-0.25, -0.2) is 0 Å². The normalized spacial score (nSPS) is 10.2. The maximum atomic E-state index is 10.4. The van der Waals surface area contributed by atoms with Crippen molar-refractivity contribution in [3.8, 4) is 0 Å². The van der Waals surface area contributed by atoms with Gasteiger partial charge >= 0.3 is 0 Å². The third-order valence-electron chi connectivity index (χ3n) is 1.65. The van der Waals surface area contributed by atoms with Crippen LogP contribution in [0.2, 0.25) is 0 Å². The number of carbonyl (C=O) groups excluding carboxylic acids is 1. The van der Waals surface area contributed by atoms with Crippen LogP contribution in [0.1, 0.15) is 33.6 Å². The van der Waals surface area contributed by atoms with Crippen molar-refractivity contribution >= 4 is 6.41 Å². The average molecular weight is 157 g/mol. The molecule has 0 aromatic rings. The van der Waals surface area contributed by atoms with Crippen LogP contribution >= 0.6 is 0 Å². The summed E-state index contributed by atoms with van der Waals surface area (Å²) in [5.74, 6) is 0.689. The van der Waals surface area contributed by atoms with E-state index in [1.54, 1.807) is 0 Å². The zero-order chi connectivity index (χ0) is 8.69. The predicted molar refractivity (Wildman–Crippen MR) is 47.4 cm³/mol. The van der Waals surface area contributed by atoms with Crippen LogP contribution in [0, 0.1) is 5.92 Å². The predicted octanol–water partition coefficient (Wildman–Crippen LogP) is 1.90. The average Bonchev–Trinajstić information content (AvgIpc) is 1.97. The molecule has 0 N–H and O–H groups in total. The van der Waals surface area contributed by atoms with Gasteiger partial charge in [0.1, 0.15) is 0 Å². The quantitative estimate of drug-likeness (QED) is 0.539. The number of nitrogens with zero attached hydrogens (tertiary/aromatic N) is 1. The molecule has 0 saturated carbocycles. The van der Waals surface area contributed by atoms with E-state index in [1.165, 1.54) is 0 Å². The van der Waals surface area contributed by atoms with Crippen LogP contribution in [0.15, 0.2) is 0 Å². The highest BCUT2D eigenvalue weighted by atomic mass is 16.1. The van der Waals surface area contributed by atoms with Crippen LogP contribution < -0.4 is 0 Å².